The highest BCUT2D eigenvalue weighted by atomic mass is 35.5. The molecule has 1 aromatic carbocycles. The first-order valence-corrected chi connectivity index (χ1v) is 7.39. The Balaban J connectivity index is 2.86. The molecule has 0 aliphatic carbocycles. The minimum atomic E-state index is 0.477. The minimum absolute atomic E-state index is 0.477. The molecule has 1 rings (SSSR count). The van der Waals surface area contributed by atoms with Gasteiger partial charge in [-0.1, -0.05) is 56.1 Å². The maximum Gasteiger partial charge on any atom is 0.0624 e. The SMILES string of the molecule is CCNC(C)C(Cc1cccc(Cl)c1Cl)C(C)C. The molecule has 1 N–H and O–H groups in total. The third kappa shape index (κ3) is 4.15. The van der Waals surface area contributed by atoms with Crippen LogP contribution in [-0.2, 0) is 6.42 Å². The molecule has 0 spiro atoms. The zero-order valence-electron chi connectivity index (χ0n) is 11.6. The zero-order valence-corrected chi connectivity index (χ0v) is 13.1. The van der Waals surface area contributed by atoms with Crippen LogP contribution in [0.2, 0.25) is 10.0 Å². The van der Waals surface area contributed by atoms with Crippen molar-refractivity contribution in [2.45, 2.75) is 40.2 Å². The molecule has 2 atom stereocenters. The van der Waals surface area contributed by atoms with Gasteiger partial charge in [-0.05, 0) is 43.4 Å². The molecule has 0 amide bonds. The van der Waals surface area contributed by atoms with E-state index in [2.05, 4.69) is 39.1 Å². The quantitative estimate of drug-likeness (QED) is 0.792. The van der Waals surface area contributed by atoms with Gasteiger partial charge in [-0.3, -0.25) is 0 Å². The summed E-state index contributed by atoms with van der Waals surface area (Å²) in [6.45, 7) is 9.90. The summed E-state index contributed by atoms with van der Waals surface area (Å²) < 4.78 is 0. The Morgan fingerprint density at radius 1 is 1.17 bits per heavy atom. The topological polar surface area (TPSA) is 12.0 Å². The highest BCUT2D eigenvalue weighted by Crippen LogP contribution is 2.30. The van der Waals surface area contributed by atoms with Gasteiger partial charge >= 0.3 is 0 Å². The molecule has 3 heteroatoms. The van der Waals surface area contributed by atoms with Gasteiger partial charge < -0.3 is 5.32 Å². The van der Waals surface area contributed by atoms with Crippen LogP contribution in [0, 0.1) is 11.8 Å². The molecule has 2 unspecified atom stereocenters. The molecule has 0 fully saturated rings. The zero-order chi connectivity index (χ0) is 13.7. The van der Waals surface area contributed by atoms with Crippen LogP contribution in [0.4, 0.5) is 0 Å². The molecule has 1 nitrogen and oxygen atoms in total. The number of hydrogen-bond acceptors (Lipinski definition) is 1. The fourth-order valence-corrected chi connectivity index (χ4v) is 2.82. The molecule has 0 heterocycles. The number of halogens is 2. The van der Waals surface area contributed by atoms with Gasteiger partial charge in [-0.25, -0.2) is 0 Å². The van der Waals surface area contributed by atoms with E-state index in [-0.39, 0.29) is 0 Å². The van der Waals surface area contributed by atoms with Gasteiger partial charge in [0.05, 0.1) is 10.0 Å². The van der Waals surface area contributed by atoms with Gasteiger partial charge in [0.1, 0.15) is 0 Å². The van der Waals surface area contributed by atoms with Crippen LogP contribution in [0.25, 0.3) is 0 Å². The molecule has 0 saturated heterocycles. The molecule has 0 bridgehead atoms. The van der Waals surface area contributed by atoms with E-state index < -0.39 is 0 Å². The first-order valence-electron chi connectivity index (χ1n) is 6.63. The summed E-state index contributed by atoms with van der Waals surface area (Å²) in [7, 11) is 0. The average molecular weight is 288 g/mol. The molecule has 102 valence electrons. The maximum absolute atomic E-state index is 6.27. The second-order valence-corrected chi connectivity index (χ2v) is 5.96. The molecule has 0 aromatic heterocycles. The molecule has 18 heavy (non-hydrogen) atoms. The largest absolute Gasteiger partial charge is 0.314 e. The fraction of sp³-hybridized carbons (Fsp3) is 0.600. The molecule has 1 aromatic rings. The molecule has 0 aliphatic rings. The fourth-order valence-electron chi connectivity index (χ4n) is 2.42. The summed E-state index contributed by atoms with van der Waals surface area (Å²) in [6.07, 6.45) is 0.964. The van der Waals surface area contributed by atoms with Crippen LogP contribution in [0.15, 0.2) is 18.2 Å². The Bertz CT molecular complexity index is 377. The van der Waals surface area contributed by atoms with Gasteiger partial charge in [-0.2, -0.15) is 0 Å². The number of hydrogen-bond donors (Lipinski definition) is 1. The Labute approximate surface area is 121 Å². The number of nitrogens with one attached hydrogen (secondary N) is 1. The minimum Gasteiger partial charge on any atom is -0.314 e. The normalized spacial score (nSPS) is 14.8. The van der Waals surface area contributed by atoms with Crippen molar-refractivity contribution in [1.82, 2.24) is 5.32 Å². The van der Waals surface area contributed by atoms with Crippen molar-refractivity contribution >= 4 is 23.2 Å². The van der Waals surface area contributed by atoms with E-state index in [1.165, 1.54) is 0 Å². The highest BCUT2D eigenvalue weighted by molar-refractivity contribution is 6.42. The van der Waals surface area contributed by atoms with Crippen molar-refractivity contribution < 1.29 is 0 Å². The lowest BCUT2D eigenvalue weighted by molar-refractivity contribution is 0.292. The van der Waals surface area contributed by atoms with E-state index >= 15 is 0 Å². The lowest BCUT2D eigenvalue weighted by Crippen LogP contribution is -2.37. The van der Waals surface area contributed by atoms with Crippen molar-refractivity contribution in [1.29, 1.82) is 0 Å². The van der Waals surface area contributed by atoms with Crippen molar-refractivity contribution in [3.63, 3.8) is 0 Å². The van der Waals surface area contributed by atoms with Crippen LogP contribution >= 0.6 is 23.2 Å². The smallest absolute Gasteiger partial charge is 0.0624 e. The Kier molecular flexibility index (Phi) is 6.48. The first-order chi connectivity index (χ1) is 8.47. The van der Waals surface area contributed by atoms with Crippen LogP contribution in [0.1, 0.15) is 33.3 Å². The maximum atomic E-state index is 6.27. The van der Waals surface area contributed by atoms with Gasteiger partial charge in [0.25, 0.3) is 0 Å². The Hall–Kier alpha value is -0.240. The van der Waals surface area contributed by atoms with Gasteiger partial charge in [0.2, 0.25) is 0 Å². The van der Waals surface area contributed by atoms with E-state index in [1.807, 2.05) is 12.1 Å². The molecule has 0 saturated carbocycles. The van der Waals surface area contributed by atoms with E-state index in [1.54, 1.807) is 0 Å². The van der Waals surface area contributed by atoms with Gasteiger partial charge in [0.15, 0.2) is 0 Å². The standard InChI is InChI=1S/C15H23Cl2N/c1-5-18-11(4)13(10(2)3)9-12-7-6-8-14(16)15(12)17/h6-8,10-11,13,18H,5,9H2,1-4H3. The van der Waals surface area contributed by atoms with E-state index in [0.29, 0.717) is 27.9 Å². The lowest BCUT2D eigenvalue weighted by atomic mass is 9.84. The first kappa shape index (κ1) is 15.8. The summed E-state index contributed by atoms with van der Waals surface area (Å²) in [5.74, 6) is 1.16. The molecule has 0 aliphatic heterocycles. The molecule has 0 radical (unpaired) electrons. The van der Waals surface area contributed by atoms with Gasteiger partial charge in [-0.15, -0.1) is 0 Å². The van der Waals surface area contributed by atoms with E-state index in [9.17, 15) is 0 Å². The van der Waals surface area contributed by atoms with Crippen molar-refractivity contribution in [3.05, 3.63) is 33.8 Å². The number of benzene rings is 1. The third-order valence-electron chi connectivity index (χ3n) is 3.51. The van der Waals surface area contributed by atoms with Crippen LogP contribution < -0.4 is 5.32 Å². The predicted octanol–water partition coefficient (Wildman–Crippen LogP) is 4.81. The van der Waals surface area contributed by atoms with Crippen LogP contribution in [-0.4, -0.2) is 12.6 Å². The number of rotatable bonds is 6. The Morgan fingerprint density at radius 3 is 2.39 bits per heavy atom. The van der Waals surface area contributed by atoms with E-state index in [0.717, 1.165) is 18.5 Å². The summed E-state index contributed by atoms with van der Waals surface area (Å²) in [6, 6.07) is 6.36. The van der Waals surface area contributed by atoms with Crippen molar-refractivity contribution in [2.24, 2.45) is 11.8 Å². The summed E-state index contributed by atoms with van der Waals surface area (Å²) in [5.41, 5.74) is 1.15. The highest BCUT2D eigenvalue weighted by Gasteiger charge is 2.21. The van der Waals surface area contributed by atoms with Gasteiger partial charge in [0, 0.05) is 6.04 Å². The third-order valence-corrected chi connectivity index (χ3v) is 4.37. The lowest BCUT2D eigenvalue weighted by Gasteiger charge is -2.28. The summed E-state index contributed by atoms with van der Waals surface area (Å²) in [4.78, 5) is 0. The van der Waals surface area contributed by atoms with Crippen LogP contribution in [0.3, 0.4) is 0 Å². The van der Waals surface area contributed by atoms with Crippen molar-refractivity contribution in [3.8, 4) is 0 Å². The van der Waals surface area contributed by atoms with Crippen LogP contribution in [0.5, 0.6) is 0 Å². The second-order valence-electron chi connectivity index (χ2n) is 5.17. The molecular formula is C15H23Cl2N. The molecular weight excluding hydrogens is 265 g/mol. The summed E-state index contributed by atoms with van der Waals surface area (Å²) >= 11 is 12.3. The van der Waals surface area contributed by atoms with E-state index in [4.69, 9.17) is 23.2 Å². The second kappa shape index (κ2) is 7.37. The Morgan fingerprint density at radius 2 is 1.83 bits per heavy atom. The predicted molar refractivity (Wildman–Crippen MR) is 81.6 cm³/mol. The summed E-state index contributed by atoms with van der Waals surface area (Å²) in [5, 5.41) is 4.85. The monoisotopic (exact) mass is 287 g/mol. The van der Waals surface area contributed by atoms with Crippen molar-refractivity contribution in [2.75, 3.05) is 6.54 Å². The average Bonchev–Trinajstić information content (AvgIpc) is 2.30.